The number of esters is 1. The maximum atomic E-state index is 11.4. The Balaban J connectivity index is 2.43. The highest BCUT2D eigenvalue weighted by atomic mass is 32.2. The SMILES string of the molecule is CCOC(=O)CC(=O)CN1CCCS1(=O)=O. The smallest absolute Gasteiger partial charge is 0.313 e. The van der Waals surface area contributed by atoms with Crippen LogP contribution in [0.3, 0.4) is 0 Å². The van der Waals surface area contributed by atoms with Crippen molar-refractivity contribution in [2.24, 2.45) is 0 Å². The molecule has 0 amide bonds. The van der Waals surface area contributed by atoms with E-state index in [9.17, 15) is 18.0 Å². The maximum absolute atomic E-state index is 11.4. The number of hydrogen-bond acceptors (Lipinski definition) is 5. The van der Waals surface area contributed by atoms with Gasteiger partial charge in [0.15, 0.2) is 5.78 Å². The van der Waals surface area contributed by atoms with Crippen LogP contribution in [0, 0.1) is 0 Å². The van der Waals surface area contributed by atoms with Crippen molar-refractivity contribution in [2.45, 2.75) is 19.8 Å². The van der Waals surface area contributed by atoms with Crippen LogP contribution in [0.25, 0.3) is 0 Å². The van der Waals surface area contributed by atoms with Gasteiger partial charge in [-0.05, 0) is 13.3 Å². The first-order valence-corrected chi connectivity index (χ1v) is 6.72. The highest BCUT2D eigenvalue weighted by molar-refractivity contribution is 7.89. The minimum absolute atomic E-state index is 0.0830. The molecule has 1 rings (SSSR count). The molecule has 0 bridgehead atoms. The van der Waals surface area contributed by atoms with Crippen LogP contribution < -0.4 is 0 Å². The third-order valence-corrected chi connectivity index (χ3v) is 4.11. The van der Waals surface area contributed by atoms with E-state index >= 15 is 0 Å². The van der Waals surface area contributed by atoms with Crippen molar-refractivity contribution in [1.82, 2.24) is 4.31 Å². The summed E-state index contributed by atoms with van der Waals surface area (Å²) in [6.45, 7) is 2.00. The van der Waals surface area contributed by atoms with Crippen molar-refractivity contribution < 1.29 is 22.7 Å². The summed E-state index contributed by atoms with van der Waals surface area (Å²) in [6, 6.07) is 0. The predicted octanol–water partition coefficient (Wildman–Crippen LogP) is -0.456. The number of hydrogen-bond donors (Lipinski definition) is 0. The van der Waals surface area contributed by atoms with Gasteiger partial charge in [-0.2, -0.15) is 4.31 Å². The van der Waals surface area contributed by atoms with Gasteiger partial charge in [-0.15, -0.1) is 0 Å². The minimum Gasteiger partial charge on any atom is -0.466 e. The molecule has 1 aliphatic rings. The quantitative estimate of drug-likeness (QED) is 0.486. The maximum Gasteiger partial charge on any atom is 0.313 e. The Kier molecular flexibility index (Phi) is 4.43. The number of Topliss-reactive ketones (excluding diaryl/α,β-unsaturated/α-hetero) is 1. The van der Waals surface area contributed by atoms with Crippen molar-refractivity contribution in [3.63, 3.8) is 0 Å². The Bertz CT molecular complexity index is 375. The van der Waals surface area contributed by atoms with E-state index < -0.39 is 21.8 Å². The van der Waals surface area contributed by atoms with E-state index in [1.165, 1.54) is 0 Å². The molecule has 0 unspecified atom stereocenters. The van der Waals surface area contributed by atoms with Gasteiger partial charge in [0.2, 0.25) is 10.0 Å². The van der Waals surface area contributed by atoms with Crippen LogP contribution in [0.15, 0.2) is 0 Å². The molecule has 0 N–H and O–H groups in total. The molecule has 6 nitrogen and oxygen atoms in total. The summed E-state index contributed by atoms with van der Waals surface area (Å²) in [7, 11) is -3.27. The fourth-order valence-corrected chi connectivity index (χ4v) is 2.99. The van der Waals surface area contributed by atoms with E-state index in [0.717, 1.165) is 4.31 Å². The molecular weight excluding hydrogens is 234 g/mol. The van der Waals surface area contributed by atoms with Crippen molar-refractivity contribution in [3.05, 3.63) is 0 Å². The average molecular weight is 249 g/mol. The first kappa shape index (κ1) is 13.1. The molecule has 1 aliphatic heterocycles. The lowest BCUT2D eigenvalue weighted by molar-refractivity contribution is -0.145. The molecule has 92 valence electrons. The van der Waals surface area contributed by atoms with Crippen LogP contribution in [-0.2, 0) is 24.3 Å². The lowest BCUT2D eigenvalue weighted by atomic mass is 10.3. The Morgan fingerprint density at radius 1 is 1.38 bits per heavy atom. The fraction of sp³-hybridized carbons (Fsp3) is 0.778. The number of ketones is 1. The van der Waals surface area contributed by atoms with E-state index in [1.54, 1.807) is 6.92 Å². The van der Waals surface area contributed by atoms with Gasteiger partial charge < -0.3 is 4.74 Å². The van der Waals surface area contributed by atoms with E-state index in [2.05, 4.69) is 4.74 Å². The zero-order valence-corrected chi connectivity index (χ0v) is 9.96. The van der Waals surface area contributed by atoms with Crippen molar-refractivity contribution in [3.8, 4) is 0 Å². The van der Waals surface area contributed by atoms with Crippen LogP contribution in [0.1, 0.15) is 19.8 Å². The minimum atomic E-state index is -3.27. The number of carbonyl (C=O) groups is 2. The zero-order chi connectivity index (χ0) is 12.2. The Morgan fingerprint density at radius 2 is 2.06 bits per heavy atom. The largest absolute Gasteiger partial charge is 0.466 e. The molecule has 0 saturated carbocycles. The molecule has 1 fully saturated rings. The second kappa shape index (κ2) is 5.40. The topological polar surface area (TPSA) is 80.8 Å². The van der Waals surface area contributed by atoms with Crippen molar-refractivity contribution in [2.75, 3.05) is 25.4 Å². The lowest BCUT2D eigenvalue weighted by Crippen LogP contribution is -2.32. The van der Waals surface area contributed by atoms with Crippen LogP contribution >= 0.6 is 0 Å². The molecular formula is C9H15NO5S. The Labute approximate surface area is 94.6 Å². The van der Waals surface area contributed by atoms with Crippen LogP contribution in [0.5, 0.6) is 0 Å². The molecule has 0 aliphatic carbocycles. The van der Waals surface area contributed by atoms with E-state index in [-0.39, 0.29) is 25.3 Å². The van der Waals surface area contributed by atoms with E-state index in [4.69, 9.17) is 0 Å². The normalized spacial score (nSPS) is 19.6. The molecule has 16 heavy (non-hydrogen) atoms. The summed E-state index contributed by atoms with van der Waals surface area (Å²) in [6.07, 6.45) is 0.175. The van der Waals surface area contributed by atoms with Crippen molar-refractivity contribution >= 4 is 21.8 Å². The number of nitrogens with zero attached hydrogens (tertiary/aromatic N) is 1. The molecule has 0 atom stereocenters. The molecule has 7 heteroatoms. The molecule has 0 aromatic rings. The van der Waals surface area contributed by atoms with Gasteiger partial charge in [0.05, 0.1) is 18.9 Å². The first-order chi connectivity index (χ1) is 7.45. The first-order valence-electron chi connectivity index (χ1n) is 5.11. The highest BCUT2D eigenvalue weighted by Gasteiger charge is 2.30. The van der Waals surface area contributed by atoms with Crippen LogP contribution in [0.4, 0.5) is 0 Å². The number of ether oxygens (including phenoxy) is 1. The number of sulfonamides is 1. The lowest BCUT2D eigenvalue weighted by Gasteiger charge is -2.12. The van der Waals surface area contributed by atoms with Crippen LogP contribution in [0.2, 0.25) is 0 Å². The van der Waals surface area contributed by atoms with Gasteiger partial charge in [0.1, 0.15) is 6.42 Å². The standard InChI is InChI=1S/C9H15NO5S/c1-2-15-9(12)6-8(11)7-10-4-3-5-16(10,13)14/h2-7H2,1H3. The Morgan fingerprint density at radius 3 is 2.56 bits per heavy atom. The molecule has 0 aromatic carbocycles. The summed E-state index contributed by atoms with van der Waals surface area (Å²) >= 11 is 0. The van der Waals surface area contributed by atoms with Crippen molar-refractivity contribution in [1.29, 1.82) is 0 Å². The van der Waals surface area contributed by atoms with E-state index in [1.807, 2.05) is 0 Å². The van der Waals surface area contributed by atoms with Gasteiger partial charge in [-0.3, -0.25) is 9.59 Å². The molecule has 1 saturated heterocycles. The summed E-state index contributed by atoms with van der Waals surface area (Å²) in [4.78, 5) is 22.3. The number of carbonyl (C=O) groups excluding carboxylic acids is 2. The third kappa shape index (κ3) is 3.57. The summed E-state index contributed by atoms with van der Waals surface area (Å²) < 4.78 is 28.5. The second-order valence-electron chi connectivity index (χ2n) is 3.52. The summed E-state index contributed by atoms with van der Waals surface area (Å²) in [5, 5.41) is 0. The number of rotatable bonds is 5. The summed E-state index contributed by atoms with van der Waals surface area (Å²) in [5.41, 5.74) is 0. The van der Waals surface area contributed by atoms with Gasteiger partial charge >= 0.3 is 5.97 Å². The molecule has 1 heterocycles. The van der Waals surface area contributed by atoms with E-state index in [0.29, 0.717) is 13.0 Å². The van der Waals surface area contributed by atoms with Gasteiger partial charge in [0.25, 0.3) is 0 Å². The zero-order valence-electron chi connectivity index (χ0n) is 9.14. The average Bonchev–Trinajstić information content (AvgIpc) is 2.46. The second-order valence-corrected chi connectivity index (χ2v) is 5.61. The monoisotopic (exact) mass is 249 g/mol. The Hall–Kier alpha value is -0.950. The predicted molar refractivity (Wildman–Crippen MR) is 56.2 cm³/mol. The molecule has 0 aromatic heterocycles. The highest BCUT2D eigenvalue weighted by Crippen LogP contribution is 2.12. The van der Waals surface area contributed by atoms with Gasteiger partial charge in [0, 0.05) is 6.54 Å². The van der Waals surface area contributed by atoms with Gasteiger partial charge in [-0.25, -0.2) is 8.42 Å². The third-order valence-electron chi connectivity index (χ3n) is 2.20. The fourth-order valence-electron chi connectivity index (χ4n) is 1.49. The summed E-state index contributed by atoms with van der Waals surface area (Å²) in [5.74, 6) is -0.951. The van der Waals surface area contributed by atoms with Gasteiger partial charge in [-0.1, -0.05) is 0 Å². The molecule has 0 radical (unpaired) electrons. The molecule has 0 spiro atoms. The van der Waals surface area contributed by atoms with Crippen LogP contribution in [-0.4, -0.2) is 49.9 Å².